The molecule has 0 unspecified atom stereocenters. The zero-order chi connectivity index (χ0) is 16.5. The van der Waals surface area contributed by atoms with Gasteiger partial charge in [-0.3, -0.25) is 0 Å². The number of furan rings is 1. The van der Waals surface area contributed by atoms with Crippen LogP contribution in [0.3, 0.4) is 0 Å². The molecule has 4 heteroatoms. The number of hydrogen-bond donors (Lipinski definition) is 2. The Balaban J connectivity index is 2.03. The fraction of sp³-hybridized carbons (Fsp3) is 0. The molecule has 0 aliphatic rings. The Hall–Kier alpha value is -2.82. The van der Waals surface area contributed by atoms with Crippen LogP contribution in [0.4, 0.5) is 0 Å². The molecule has 3 aromatic carbocycles. The minimum Gasteiger partial charge on any atom is -0.455 e. The molecular weight excluding hydrogens is 299 g/mol. The van der Waals surface area contributed by atoms with Crippen LogP contribution in [0, 0.1) is 0 Å². The van der Waals surface area contributed by atoms with Crippen molar-refractivity contribution < 1.29 is 14.5 Å². The molecule has 24 heavy (non-hydrogen) atoms. The van der Waals surface area contributed by atoms with Crippen LogP contribution in [0.5, 0.6) is 0 Å². The van der Waals surface area contributed by atoms with Crippen molar-refractivity contribution in [2.75, 3.05) is 0 Å². The third-order valence-corrected chi connectivity index (χ3v) is 4.11. The van der Waals surface area contributed by atoms with Crippen LogP contribution in [-0.2, 0) is 0 Å². The van der Waals surface area contributed by atoms with Gasteiger partial charge in [0.2, 0.25) is 0 Å². The largest absolute Gasteiger partial charge is 0.488 e. The second-order valence-electron chi connectivity index (χ2n) is 5.67. The summed E-state index contributed by atoms with van der Waals surface area (Å²) >= 11 is 0. The van der Waals surface area contributed by atoms with E-state index >= 15 is 0 Å². The molecular formula is C20H15BO3. The molecule has 4 rings (SSSR count). The molecule has 0 atom stereocenters. The zero-order valence-electron chi connectivity index (χ0n) is 12.9. The number of rotatable bonds is 3. The lowest BCUT2D eigenvalue weighted by atomic mass is 9.80. The Morgan fingerprint density at radius 1 is 0.708 bits per heavy atom. The molecule has 0 saturated carbocycles. The Kier molecular flexibility index (Phi) is 3.69. The van der Waals surface area contributed by atoms with Gasteiger partial charge in [-0.2, -0.15) is 0 Å². The van der Waals surface area contributed by atoms with Gasteiger partial charge in [0, 0.05) is 16.5 Å². The van der Waals surface area contributed by atoms with Crippen LogP contribution in [0.2, 0.25) is 0 Å². The van der Waals surface area contributed by atoms with Crippen LogP contribution in [0.25, 0.3) is 33.4 Å². The van der Waals surface area contributed by atoms with Crippen molar-refractivity contribution in [2.45, 2.75) is 0 Å². The molecule has 0 amide bonds. The van der Waals surface area contributed by atoms with Gasteiger partial charge in [-0.25, -0.2) is 0 Å². The highest BCUT2D eigenvalue weighted by Gasteiger charge is 2.19. The van der Waals surface area contributed by atoms with Crippen molar-refractivity contribution in [2.24, 2.45) is 0 Å². The number of fused-ring (bicyclic) bond motifs is 1. The molecule has 0 radical (unpaired) electrons. The highest BCUT2D eigenvalue weighted by molar-refractivity contribution is 6.58. The van der Waals surface area contributed by atoms with E-state index in [2.05, 4.69) is 0 Å². The van der Waals surface area contributed by atoms with Crippen LogP contribution >= 0.6 is 0 Å². The highest BCUT2D eigenvalue weighted by Crippen LogP contribution is 2.40. The minimum atomic E-state index is -1.51. The minimum absolute atomic E-state index is 0.412. The summed E-state index contributed by atoms with van der Waals surface area (Å²) < 4.78 is 6.11. The standard InChI is InChI=1S/C20H15BO3/c22-21(23)16-11-12-17-18(13-16)24-20(15-9-5-2-6-10-15)19(17)14-7-3-1-4-8-14/h1-13,22-23H. The monoisotopic (exact) mass is 314 g/mol. The van der Waals surface area contributed by atoms with Crippen molar-refractivity contribution in [1.29, 1.82) is 0 Å². The Morgan fingerprint density at radius 3 is 1.96 bits per heavy atom. The van der Waals surface area contributed by atoms with Gasteiger partial charge in [-0.05, 0) is 17.1 Å². The summed E-state index contributed by atoms with van der Waals surface area (Å²) in [4.78, 5) is 0. The van der Waals surface area contributed by atoms with Gasteiger partial charge in [-0.1, -0.05) is 72.8 Å². The summed E-state index contributed by atoms with van der Waals surface area (Å²) in [5, 5.41) is 19.8. The second-order valence-corrected chi connectivity index (χ2v) is 5.67. The van der Waals surface area contributed by atoms with Gasteiger partial charge in [-0.15, -0.1) is 0 Å². The van der Waals surface area contributed by atoms with E-state index in [1.165, 1.54) is 0 Å². The van der Waals surface area contributed by atoms with Gasteiger partial charge in [0.1, 0.15) is 11.3 Å². The summed E-state index contributed by atoms with van der Waals surface area (Å²) in [7, 11) is -1.51. The van der Waals surface area contributed by atoms with E-state index in [0.29, 0.717) is 11.0 Å². The first-order chi connectivity index (χ1) is 11.7. The van der Waals surface area contributed by atoms with Gasteiger partial charge in [0.05, 0.1) is 0 Å². The van der Waals surface area contributed by atoms with Crippen molar-refractivity contribution >= 4 is 23.6 Å². The summed E-state index contributed by atoms with van der Waals surface area (Å²) in [5.41, 5.74) is 4.11. The van der Waals surface area contributed by atoms with Crippen molar-refractivity contribution in [1.82, 2.24) is 0 Å². The zero-order valence-corrected chi connectivity index (χ0v) is 12.9. The SMILES string of the molecule is OB(O)c1ccc2c(-c3ccccc3)c(-c3ccccc3)oc2c1. The molecule has 0 fully saturated rings. The average Bonchev–Trinajstić information content (AvgIpc) is 3.01. The Labute approximate surface area is 140 Å². The summed E-state index contributed by atoms with van der Waals surface area (Å²) in [6.45, 7) is 0. The molecule has 116 valence electrons. The van der Waals surface area contributed by atoms with Crippen LogP contribution < -0.4 is 5.46 Å². The van der Waals surface area contributed by atoms with Gasteiger partial charge in [0.25, 0.3) is 0 Å². The first-order valence-corrected chi connectivity index (χ1v) is 7.77. The molecule has 0 saturated heterocycles. The maximum absolute atomic E-state index is 9.41. The van der Waals surface area contributed by atoms with E-state index in [1.807, 2.05) is 66.7 Å². The average molecular weight is 314 g/mol. The third kappa shape index (κ3) is 2.52. The lowest BCUT2D eigenvalue weighted by Gasteiger charge is -2.04. The fourth-order valence-corrected chi connectivity index (χ4v) is 2.96. The first-order valence-electron chi connectivity index (χ1n) is 7.77. The van der Waals surface area contributed by atoms with E-state index in [9.17, 15) is 10.0 Å². The van der Waals surface area contributed by atoms with Crippen LogP contribution in [-0.4, -0.2) is 17.2 Å². The smallest absolute Gasteiger partial charge is 0.455 e. The summed E-state index contributed by atoms with van der Waals surface area (Å²) in [6, 6.07) is 25.3. The third-order valence-electron chi connectivity index (χ3n) is 4.11. The molecule has 4 aromatic rings. The van der Waals surface area contributed by atoms with Crippen molar-refractivity contribution in [3.63, 3.8) is 0 Å². The van der Waals surface area contributed by atoms with E-state index < -0.39 is 7.12 Å². The quantitative estimate of drug-likeness (QED) is 0.570. The Morgan fingerprint density at radius 2 is 1.33 bits per heavy atom. The molecule has 0 bridgehead atoms. The molecule has 2 N–H and O–H groups in total. The predicted octanol–water partition coefficient (Wildman–Crippen LogP) is 3.45. The Bertz CT molecular complexity index is 976. The molecule has 0 aliphatic heterocycles. The normalized spacial score (nSPS) is 10.9. The number of benzene rings is 3. The van der Waals surface area contributed by atoms with Gasteiger partial charge < -0.3 is 14.5 Å². The molecule has 3 nitrogen and oxygen atoms in total. The lowest BCUT2D eigenvalue weighted by Crippen LogP contribution is -2.29. The topological polar surface area (TPSA) is 53.6 Å². The number of hydrogen-bond acceptors (Lipinski definition) is 3. The van der Waals surface area contributed by atoms with Crippen molar-refractivity contribution in [3.05, 3.63) is 78.9 Å². The van der Waals surface area contributed by atoms with Crippen molar-refractivity contribution in [3.8, 4) is 22.5 Å². The van der Waals surface area contributed by atoms with Crippen LogP contribution in [0.1, 0.15) is 0 Å². The predicted molar refractivity (Wildman–Crippen MR) is 96.9 cm³/mol. The highest BCUT2D eigenvalue weighted by atomic mass is 16.4. The van der Waals surface area contributed by atoms with Crippen LogP contribution in [0.15, 0.2) is 83.3 Å². The van der Waals surface area contributed by atoms with E-state index in [-0.39, 0.29) is 0 Å². The lowest BCUT2D eigenvalue weighted by molar-refractivity contribution is 0.425. The molecule has 0 spiro atoms. The van der Waals surface area contributed by atoms with Gasteiger partial charge >= 0.3 is 7.12 Å². The maximum atomic E-state index is 9.41. The fourth-order valence-electron chi connectivity index (χ4n) is 2.96. The molecule has 1 aromatic heterocycles. The molecule has 0 aliphatic carbocycles. The van der Waals surface area contributed by atoms with Gasteiger partial charge in [0.15, 0.2) is 0 Å². The second kappa shape index (κ2) is 6.00. The maximum Gasteiger partial charge on any atom is 0.488 e. The van der Waals surface area contributed by atoms with E-state index in [4.69, 9.17) is 4.42 Å². The van der Waals surface area contributed by atoms with E-state index in [1.54, 1.807) is 12.1 Å². The summed E-state index contributed by atoms with van der Waals surface area (Å²) in [6.07, 6.45) is 0. The van der Waals surface area contributed by atoms with E-state index in [0.717, 1.165) is 27.8 Å². The molecule has 1 heterocycles. The summed E-state index contributed by atoms with van der Waals surface area (Å²) in [5.74, 6) is 0.779. The first kappa shape index (κ1) is 14.8.